The summed E-state index contributed by atoms with van der Waals surface area (Å²) in [4.78, 5) is 10.9. The van der Waals surface area contributed by atoms with Crippen molar-refractivity contribution in [3.63, 3.8) is 0 Å². The van der Waals surface area contributed by atoms with Crippen LogP contribution in [-0.2, 0) is 9.53 Å². The molecule has 3 heteroatoms. The van der Waals surface area contributed by atoms with Gasteiger partial charge in [0.05, 0.1) is 12.2 Å². The summed E-state index contributed by atoms with van der Waals surface area (Å²) in [7, 11) is 0.934. The molecule has 0 amide bonds. The standard InChI is InChI=1S/C7H14O2Si/c1-3-6(2)7(8)9-4-5-10/h4-6H,3H2,1-2,10H3. The molecule has 0 saturated carbocycles. The van der Waals surface area contributed by atoms with E-state index in [0.29, 0.717) is 0 Å². The molecule has 0 aliphatic carbocycles. The Labute approximate surface area is 64.7 Å². The number of hydrogen-bond acceptors (Lipinski definition) is 2. The molecule has 0 aromatic heterocycles. The molecular weight excluding hydrogens is 144 g/mol. The second-order valence-electron chi connectivity index (χ2n) is 2.22. The van der Waals surface area contributed by atoms with Crippen LogP contribution in [0.2, 0.25) is 0 Å². The third-order valence-electron chi connectivity index (χ3n) is 1.34. The Hall–Kier alpha value is -0.573. The van der Waals surface area contributed by atoms with Gasteiger partial charge in [-0.2, -0.15) is 0 Å². The molecule has 0 bridgehead atoms. The predicted octanol–water partition coefficient (Wildman–Crippen LogP) is 0.412. The lowest BCUT2D eigenvalue weighted by molar-refractivity contribution is -0.142. The molecule has 0 aromatic carbocycles. The van der Waals surface area contributed by atoms with Gasteiger partial charge in [-0.25, -0.2) is 0 Å². The summed E-state index contributed by atoms with van der Waals surface area (Å²) in [6.45, 7) is 3.83. The smallest absolute Gasteiger partial charge is 0.313 e. The van der Waals surface area contributed by atoms with Crippen molar-refractivity contribution in [3.05, 3.63) is 12.0 Å². The molecule has 0 aliphatic heterocycles. The van der Waals surface area contributed by atoms with Gasteiger partial charge in [0.2, 0.25) is 0 Å². The van der Waals surface area contributed by atoms with E-state index < -0.39 is 0 Å². The molecule has 0 heterocycles. The summed E-state index contributed by atoms with van der Waals surface area (Å²) in [5.74, 6) is -0.104. The van der Waals surface area contributed by atoms with Crippen molar-refractivity contribution in [2.75, 3.05) is 0 Å². The fraction of sp³-hybridized carbons (Fsp3) is 0.571. The Bertz CT molecular complexity index is 132. The van der Waals surface area contributed by atoms with Crippen LogP contribution < -0.4 is 0 Å². The maximum atomic E-state index is 10.9. The first-order chi connectivity index (χ1) is 4.72. The molecule has 0 N–H and O–H groups in total. The fourth-order valence-corrected chi connectivity index (χ4v) is 0.554. The Balaban J connectivity index is 3.62. The van der Waals surface area contributed by atoms with Gasteiger partial charge in [0.25, 0.3) is 0 Å². The average Bonchev–Trinajstić information content (AvgIpc) is 1.98. The molecule has 0 fully saturated rings. The molecule has 0 rings (SSSR count). The monoisotopic (exact) mass is 158 g/mol. The molecule has 2 nitrogen and oxygen atoms in total. The molecular formula is C7H14O2Si. The van der Waals surface area contributed by atoms with E-state index in [2.05, 4.69) is 0 Å². The maximum Gasteiger partial charge on any atom is 0.313 e. The van der Waals surface area contributed by atoms with E-state index in [4.69, 9.17) is 4.74 Å². The van der Waals surface area contributed by atoms with Crippen molar-refractivity contribution < 1.29 is 9.53 Å². The number of ether oxygens (including phenoxy) is 1. The number of esters is 1. The van der Waals surface area contributed by atoms with Gasteiger partial charge in [-0.05, 0) is 6.42 Å². The summed E-state index contributed by atoms with van der Waals surface area (Å²) < 4.78 is 4.76. The first kappa shape index (κ1) is 9.43. The second kappa shape index (κ2) is 5.23. The largest absolute Gasteiger partial charge is 0.435 e. The minimum Gasteiger partial charge on any atom is -0.435 e. The SMILES string of the molecule is CCC(C)C(=O)OC=C[SiH3]. The van der Waals surface area contributed by atoms with Crippen LogP contribution in [-0.4, -0.2) is 16.2 Å². The zero-order chi connectivity index (χ0) is 7.98. The van der Waals surface area contributed by atoms with Crippen LogP contribution in [0.25, 0.3) is 0 Å². The van der Waals surface area contributed by atoms with E-state index >= 15 is 0 Å². The predicted molar refractivity (Wildman–Crippen MR) is 44.6 cm³/mol. The molecule has 0 spiro atoms. The van der Waals surface area contributed by atoms with Gasteiger partial charge in [0.15, 0.2) is 0 Å². The molecule has 58 valence electrons. The quantitative estimate of drug-likeness (QED) is 0.338. The lowest BCUT2D eigenvalue weighted by Gasteiger charge is -2.03. The third-order valence-corrected chi connectivity index (χ3v) is 1.61. The molecule has 0 aromatic rings. The summed E-state index contributed by atoms with van der Waals surface area (Å²) >= 11 is 0. The molecule has 0 radical (unpaired) electrons. The van der Waals surface area contributed by atoms with E-state index in [9.17, 15) is 4.79 Å². The molecule has 1 atom stereocenters. The topological polar surface area (TPSA) is 26.3 Å². The van der Waals surface area contributed by atoms with Gasteiger partial charge >= 0.3 is 5.97 Å². The van der Waals surface area contributed by atoms with Crippen LogP contribution in [0.1, 0.15) is 20.3 Å². The van der Waals surface area contributed by atoms with Gasteiger partial charge in [-0.1, -0.05) is 19.5 Å². The van der Waals surface area contributed by atoms with Crippen molar-refractivity contribution in [1.29, 1.82) is 0 Å². The Morgan fingerprint density at radius 3 is 2.80 bits per heavy atom. The van der Waals surface area contributed by atoms with Gasteiger partial charge in [0, 0.05) is 10.2 Å². The first-order valence-corrected chi connectivity index (χ1v) is 4.69. The van der Waals surface area contributed by atoms with Crippen LogP contribution in [0, 0.1) is 5.92 Å². The Morgan fingerprint density at radius 1 is 1.80 bits per heavy atom. The van der Waals surface area contributed by atoms with Crippen molar-refractivity contribution in [1.82, 2.24) is 0 Å². The van der Waals surface area contributed by atoms with E-state index in [1.165, 1.54) is 6.26 Å². The maximum absolute atomic E-state index is 10.9. The van der Waals surface area contributed by atoms with Crippen LogP contribution in [0.5, 0.6) is 0 Å². The number of rotatable bonds is 3. The summed E-state index contributed by atoms with van der Waals surface area (Å²) in [6.07, 6.45) is 2.31. The van der Waals surface area contributed by atoms with Crippen molar-refractivity contribution >= 4 is 16.2 Å². The van der Waals surface area contributed by atoms with Crippen molar-refractivity contribution in [3.8, 4) is 0 Å². The summed E-state index contributed by atoms with van der Waals surface area (Å²) in [5, 5.41) is 0. The van der Waals surface area contributed by atoms with E-state index in [1.54, 1.807) is 0 Å². The minimum absolute atomic E-state index is 0.0258. The lowest BCUT2D eigenvalue weighted by Crippen LogP contribution is -2.10. The molecule has 10 heavy (non-hydrogen) atoms. The van der Waals surface area contributed by atoms with E-state index in [1.807, 2.05) is 19.5 Å². The lowest BCUT2D eigenvalue weighted by atomic mass is 10.1. The Morgan fingerprint density at radius 2 is 2.40 bits per heavy atom. The second-order valence-corrected chi connectivity index (χ2v) is 2.88. The average molecular weight is 158 g/mol. The highest BCUT2D eigenvalue weighted by Gasteiger charge is 2.09. The first-order valence-electron chi connectivity index (χ1n) is 3.54. The highest BCUT2D eigenvalue weighted by Crippen LogP contribution is 2.02. The summed E-state index contributed by atoms with van der Waals surface area (Å²) in [6, 6.07) is 0. The summed E-state index contributed by atoms with van der Waals surface area (Å²) in [5.41, 5.74) is 1.83. The van der Waals surface area contributed by atoms with Crippen molar-refractivity contribution in [2.24, 2.45) is 5.92 Å². The zero-order valence-electron chi connectivity index (χ0n) is 6.76. The highest BCUT2D eigenvalue weighted by atomic mass is 28.1. The van der Waals surface area contributed by atoms with Crippen LogP contribution >= 0.6 is 0 Å². The normalized spacial score (nSPS) is 13.8. The Kier molecular flexibility index (Phi) is 4.93. The zero-order valence-corrected chi connectivity index (χ0v) is 8.76. The minimum atomic E-state index is -0.130. The van der Waals surface area contributed by atoms with Gasteiger partial charge < -0.3 is 4.74 Å². The molecule has 0 aliphatic rings. The fourth-order valence-electron chi connectivity index (χ4n) is 0.418. The van der Waals surface area contributed by atoms with Gasteiger partial charge in [-0.3, -0.25) is 4.79 Å². The van der Waals surface area contributed by atoms with Crippen LogP contribution in [0.3, 0.4) is 0 Å². The highest BCUT2D eigenvalue weighted by molar-refractivity contribution is 6.16. The number of carbonyl (C=O) groups is 1. The number of carbonyl (C=O) groups excluding carboxylic acids is 1. The van der Waals surface area contributed by atoms with Crippen LogP contribution in [0.15, 0.2) is 12.0 Å². The van der Waals surface area contributed by atoms with E-state index in [0.717, 1.165) is 16.7 Å². The number of hydrogen-bond donors (Lipinski definition) is 0. The van der Waals surface area contributed by atoms with E-state index in [-0.39, 0.29) is 11.9 Å². The van der Waals surface area contributed by atoms with Crippen LogP contribution in [0.4, 0.5) is 0 Å². The van der Waals surface area contributed by atoms with Gasteiger partial charge in [0.1, 0.15) is 0 Å². The third kappa shape index (κ3) is 3.45. The molecule has 0 saturated heterocycles. The van der Waals surface area contributed by atoms with Crippen molar-refractivity contribution in [2.45, 2.75) is 20.3 Å². The van der Waals surface area contributed by atoms with Gasteiger partial charge in [-0.15, -0.1) is 0 Å². The molecule has 1 unspecified atom stereocenters.